The van der Waals surface area contributed by atoms with E-state index in [0.29, 0.717) is 5.76 Å². The molecule has 1 aromatic carbocycles. The van der Waals surface area contributed by atoms with E-state index in [2.05, 4.69) is 27.2 Å². The molecule has 0 saturated carbocycles. The van der Waals surface area contributed by atoms with Crippen LogP contribution in [0.2, 0.25) is 0 Å². The highest BCUT2D eigenvalue weighted by Gasteiger charge is 2.27. The monoisotopic (exact) mass is 335 g/mol. The number of amides is 1. The summed E-state index contributed by atoms with van der Waals surface area (Å²) in [7, 11) is 0. The van der Waals surface area contributed by atoms with Gasteiger partial charge in [-0.25, -0.2) is 0 Å². The number of nitrogens with zero attached hydrogens (tertiary/aromatic N) is 2. The molecule has 4 rings (SSSR count). The van der Waals surface area contributed by atoms with Crippen molar-refractivity contribution >= 4 is 5.91 Å². The van der Waals surface area contributed by atoms with E-state index >= 15 is 0 Å². The summed E-state index contributed by atoms with van der Waals surface area (Å²) in [5.41, 5.74) is 4.43. The maximum atomic E-state index is 12.5. The third kappa shape index (κ3) is 3.09. The normalized spacial score (nSPS) is 16.4. The quantitative estimate of drug-likeness (QED) is 0.792. The van der Waals surface area contributed by atoms with Crippen molar-refractivity contribution in [3.05, 3.63) is 77.0 Å². The van der Waals surface area contributed by atoms with Gasteiger partial charge in [0, 0.05) is 16.8 Å². The summed E-state index contributed by atoms with van der Waals surface area (Å²) in [6.07, 6.45) is 6.41. The van der Waals surface area contributed by atoms with Crippen LogP contribution in [0.5, 0.6) is 0 Å². The van der Waals surface area contributed by atoms with E-state index in [1.54, 1.807) is 12.3 Å². The highest BCUT2D eigenvalue weighted by Crippen LogP contribution is 2.30. The van der Waals surface area contributed by atoms with Crippen LogP contribution >= 0.6 is 0 Å². The van der Waals surface area contributed by atoms with E-state index in [0.717, 1.165) is 36.9 Å². The molecular weight excluding hydrogens is 314 g/mol. The molecule has 0 radical (unpaired) electrons. The number of hydrogen-bond acceptors (Lipinski definition) is 3. The zero-order valence-corrected chi connectivity index (χ0v) is 14.2. The zero-order chi connectivity index (χ0) is 17.2. The number of furan rings is 1. The minimum Gasteiger partial charge on any atom is -0.459 e. The second kappa shape index (κ2) is 6.59. The molecule has 0 unspecified atom stereocenters. The molecule has 0 spiro atoms. The molecule has 3 aromatic rings. The highest BCUT2D eigenvalue weighted by molar-refractivity contribution is 5.93. The number of nitrogens with one attached hydrogen (secondary N) is 1. The van der Waals surface area contributed by atoms with Crippen molar-refractivity contribution in [2.24, 2.45) is 0 Å². The maximum Gasteiger partial charge on any atom is 0.287 e. The molecule has 5 heteroatoms. The van der Waals surface area contributed by atoms with E-state index < -0.39 is 0 Å². The summed E-state index contributed by atoms with van der Waals surface area (Å²) in [6.45, 7) is 2.64. The van der Waals surface area contributed by atoms with Gasteiger partial charge in [-0.2, -0.15) is 5.10 Å². The summed E-state index contributed by atoms with van der Waals surface area (Å²) >= 11 is 0. The molecule has 128 valence electrons. The Labute approximate surface area is 146 Å². The molecule has 1 aliphatic rings. The van der Waals surface area contributed by atoms with Crippen molar-refractivity contribution < 1.29 is 9.21 Å². The van der Waals surface area contributed by atoms with Crippen molar-refractivity contribution in [1.29, 1.82) is 0 Å². The van der Waals surface area contributed by atoms with E-state index in [-0.39, 0.29) is 11.9 Å². The number of aromatic nitrogens is 2. The van der Waals surface area contributed by atoms with Crippen LogP contribution < -0.4 is 5.32 Å². The molecule has 0 saturated heterocycles. The first kappa shape index (κ1) is 15.7. The summed E-state index contributed by atoms with van der Waals surface area (Å²) in [5, 5.41) is 7.68. The Kier molecular flexibility index (Phi) is 4.14. The minimum atomic E-state index is -0.156. The van der Waals surface area contributed by atoms with Gasteiger partial charge >= 0.3 is 0 Å². The van der Waals surface area contributed by atoms with Crippen molar-refractivity contribution in [3.63, 3.8) is 0 Å². The number of hydrogen-bond donors (Lipinski definition) is 1. The van der Waals surface area contributed by atoms with Crippen molar-refractivity contribution in [3.8, 4) is 0 Å². The maximum absolute atomic E-state index is 12.5. The lowest BCUT2D eigenvalue weighted by Gasteiger charge is -2.24. The van der Waals surface area contributed by atoms with Crippen LogP contribution in [0.15, 0.2) is 53.3 Å². The van der Waals surface area contributed by atoms with Gasteiger partial charge in [-0.05, 0) is 37.8 Å². The van der Waals surface area contributed by atoms with Crippen molar-refractivity contribution in [2.45, 2.75) is 38.8 Å². The number of aryl methyl sites for hydroxylation is 1. The minimum absolute atomic E-state index is 0.00901. The fraction of sp³-hybridized carbons (Fsp3) is 0.300. The fourth-order valence-corrected chi connectivity index (χ4v) is 3.49. The van der Waals surface area contributed by atoms with E-state index in [4.69, 9.17) is 4.42 Å². The summed E-state index contributed by atoms with van der Waals surface area (Å²) in [4.78, 5) is 12.5. The van der Waals surface area contributed by atoms with E-state index in [9.17, 15) is 4.79 Å². The first-order valence-corrected chi connectivity index (χ1v) is 8.66. The van der Waals surface area contributed by atoms with Crippen LogP contribution in [0.4, 0.5) is 0 Å². The standard InChI is InChI=1S/C20H21N3O2/c1-14-10-11-25-19(14)20(24)22-17-8-5-9-18-16(17)12-21-23(18)13-15-6-3-2-4-7-15/h2-4,6-7,10-12,17H,5,8-9,13H2,1H3,(H,22,24)/t17-/m0/s1. The first-order valence-electron chi connectivity index (χ1n) is 8.66. The Morgan fingerprint density at radius 3 is 2.92 bits per heavy atom. The van der Waals surface area contributed by atoms with Crippen LogP contribution in [0.25, 0.3) is 0 Å². The number of carbonyl (C=O) groups excluding carboxylic acids is 1. The molecule has 2 aromatic heterocycles. The lowest BCUT2D eigenvalue weighted by Crippen LogP contribution is -2.31. The van der Waals surface area contributed by atoms with Crippen LogP contribution in [0, 0.1) is 6.92 Å². The fourth-order valence-electron chi connectivity index (χ4n) is 3.49. The molecule has 2 heterocycles. The molecule has 1 amide bonds. The van der Waals surface area contributed by atoms with Crippen LogP contribution in [-0.2, 0) is 13.0 Å². The van der Waals surface area contributed by atoms with Crippen LogP contribution in [0.1, 0.15) is 51.8 Å². The van der Waals surface area contributed by atoms with Gasteiger partial charge in [-0.15, -0.1) is 0 Å². The molecule has 5 nitrogen and oxygen atoms in total. The number of rotatable bonds is 4. The van der Waals surface area contributed by atoms with Crippen LogP contribution in [-0.4, -0.2) is 15.7 Å². The van der Waals surface area contributed by atoms with E-state index in [1.807, 2.05) is 31.3 Å². The topological polar surface area (TPSA) is 60.1 Å². The molecule has 1 atom stereocenters. The van der Waals surface area contributed by atoms with E-state index in [1.165, 1.54) is 11.3 Å². The number of fused-ring (bicyclic) bond motifs is 1. The molecule has 25 heavy (non-hydrogen) atoms. The lowest BCUT2D eigenvalue weighted by atomic mass is 9.92. The van der Waals surface area contributed by atoms with Crippen molar-refractivity contribution in [1.82, 2.24) is 15.1 Å². The van der Waals surface area contributed by atoms with Crippen molar-refractivity contribution in [2.75, 3.05) is 0 Å². The van der Waals surface area contributed by atoms with Gasteiger partial charge in [-0.3, -0.25) is 9.48 Å². The zero-order valence-electron chi connectivity index (χ0n) is 14.2. The second-order valence-corrected chi connectivity index (χ2v) is 6.54. The molecule has 1 aliphatic carbocycles. The van der Waals surface area contributed by atoms with Gasteiger partial charge < -0.3 is 9.73 Å². The predicted molar refractivity (Wildman–Crippen MR) is 94.4 cm³/mol. The average Bonchev–Trinajstić information content (AvgIpc) is 3.23. The second-order valence-electron chi connectivity index (χ2n) is 6.54. The SMILES string of the molecule is Cc1ccoc1C(=O)N[C@H]1CCCc2c1cnn2Cc1ccccc1. The molecule has 1 N–H and O–H groups in total. The molecule has 0 bridgehead atoms. The largest absolute Gasteiger partial charge is 0.459 e. The van der Waals surface area contributed by atoms with Gasteiger partial charge in [-0.1, -0.05) is 30.3 Å². The van der Waals surface area contributed by atoms with Gasteiger partial charge in [0.1, 0.15) is 0 Å². The molecular formula is C20H21N3O2. The Morgan fingerprint density at radius 1 is 1.32 bits per heavy atom. The summed E-state index contributed by atoms with van der Waals surface area (Å²) in [6, 6.07) is 12.1. The third-order valence-electron chi connectivity index (χ3n) is 4.81. The van der Waals surface area contributed by atoms with Gasteiger partial charge in [0.05, 0.1) is 25.0 Å². The smallest absolute Gasteiger partial charge is 0.287 e. The van der Waals surface area contributed by atoms with Gasteiger partial charge in [0.25, 0.3) is 5.91 Å². The predicted octanol–water partition coefficient (Wildman–Crippen LogP) is 3.64. The first-order chi connectivity index (χ1) is 12.2. The average molecular weight is 335 g/mol. The van der Waals surface area contributed by atoms with Gasteiger partial charge in [0.2, 0.25) is 0 Å². The number of carbonyl (C=O) groups is 1. The third-order valence-corrected chi connectivity index (χ3v) is 4.81. The molecule has 0 fully saturated rings. The Balaban J connectivity index is 1.55. The molecule has 0 aliphatic heterocycles. The highest BCUT2D eigenvalue weighted by atomic mass is 16.3. The lowest BCUT2D eigenvalue weighted by molar-refractivity contribution is 0.0903. The Hall–Kier alpha value is -2.82. The summed E-state index contributed by atoms with van der Waals surface area (Å²) in [5.74, 6) is 0.236. The Morgan fingerprint density at radius 2 is 2.16 bits per heavy atom. The van der Waals surface area contributed by atoms with Crippen LogP contribution in [0.3, 0.4) is 0 Å². The number of benzene rings is 1. The Bertz CT molecular complexity index is 879. The summed E-state index contributed by atoms with van der Waals surface area (Å²) < 4.78 is 7.36. The van der Waals surface area contributed by atoms with Gasteiger partial charge in [0.15, 0.2) is 5.76 Å².